The number of nitrogens with zero attached hydrogens (tertiary/aromatic N) is 1. The number of nitrogens with one attached hydrogen (secondary N) is 1. The van der Waals surface area contributed by atoms with E-state index < -0.39 is 48.0 Å². The molecular formula is C22H18ClF3N2O5. The summed E-state index contributed by atoms with van der Waals surface area (Å²) in [7, 11) is 1.30. The summed E-state index contributed by atoms with van der Waals surface area (Å²) in [6, 6.07) is 8.74. The zero-order valence-electron chi connectivity index (χ0n) is 17.5. The number of carbonyl (C=O) groups excluding carboxylic acids is 2. The Labute approximate surface area is 190 Å². The molecule has 0 aliphatic heterocycles. The molecule has 33 heavy (non-hydrogen) atoms. The van der Waals surface area contributed by atoms with Gasteiger partial charge in [0.1, 0.15) is 11.3 Å². The second-order valence-electron chi connectivity index (χ2n) is 7.16. The maximum Gasteiger partial charge on any atom is 0.418 e. The fraction of sp³-hybridized carbons (Fsp3) is 0.227. The third-order valence-corrected chi connectivity index (χ3v) is 4.96. The summed E-state index contributed by atoms with van der Waals surface area (Å²) in [4.78, 5) is 37.1. The van der Waals surface area contributed by atoms with Gasteiger partial charge in [-0.15, -0.1) is 0 Å². The molecule has 0 saturated carbocycles. The molecule has 174 valence electrons. The molecule has 3 rings (SSSR count). The summed E-state index contributed by atoms with van der Waals surface area (Å²) in [6.07, 6.45) is -4.64. The van der Waals surface area contributed by atoms with Crippen molar-refractivity contribution in [2.45, 2.75) is 13.1 Å². The van der Waals surface area contributed by atoms with E-state index in [1.807, 2.05) is 0 Å². The van der Waals surface area contributed by atoms with Gasteiger partial charge in [0.05, 0.1) is 22.8 Å². The lowest BCUT2D eigenvalue weighted by atomic mass is 10.1. The molecule has 0 bridgehead atoms. The van der Waals surface area contributed by atoms with Crippen molar-refractivity contribution in [2.24, 2.45) is 0 Å². The van der Waals surface area contributed by atoms with Crippen LogP contribution >= 0.6 is 11.6 Å². The van der Waals surface area contributed by atoms with Gasteiger partial charge < -0.3 is 19.4 Å². The molecule has 0 aliphatic carbocycles. The molecule has 2 amide bonds. The quantitative estimate of drug-likeness (QED) is 0.531. The van der Waals surface area contributed by atoms with Crippen LogP contribution in [0.25, 0.3) is 11.0 Å². The van der Waals surface area contributed by atoms with Crippen LogP contribution in [-0.2, 0) is 15.8 Å². The molecular weight excluding hydrogens is 465 g/mol. The number of benzene rings is 2. The third kappa shape index (κ3) is 5.83. The highest BCUT2D eigenvalue weighted by Gasteiger charge is 2.33. The summed E-state index contributed by atoms with van der Waals surface area (Å²) >= 11 is 6.18. The number of alkyl halides is 3. The zero-order chi connectivity index (χ0) is 24.3. The first-order valence-electron chi connectivity index (χ1n) is 9.52. The van der Waals surface area contributed by atoms with E-state index in [0.29, 0.717) is 10.9 Å². The van der Waals surface area contributed by atoms with Crippen LogP contribution in [0.4, 0.5) is 18.9 Å². The number of rotatable bonds is 6. The average Bonchev–Trinajstić information content (AvgIpc) is 2.72. The van der Waals surface area contributed by atoms with Crippen LogP contribution < -0.4 is 15.7 Å². The Kier molecular flexibility index (Phi) is 6.97. The van der Waals surface area contributed by atoms with Gasteiger partial charge in [0.25, 0.3) is 5.91 Å². The Morgan fingerprint density at radius 1 is 1.18 bits per heavy atom. The van der Waals surface area contributed by atoms with E-state index in [9.17, 15) is 27.6 Å². The van der Waals surface area contributed by atoms with E-state index in [1.54, 1.807) is 6.92 Å². The van der Waals surface area contributed by atoms with Crippen LogP contribution in [0, 0.1) is 6.92 Å². The topological polar surface area (TPSA) is 88.8 Å². The van der Waals surface area contributed by atoms with Gasteiger partial charge in [-0.2, -0.15) is 13.2 Å². The smallest absolute Gasteiger partial charge is 0.418 e. The van der Waals surface area contributed by atoms with Gasteiger partial charge in [-0.3, -0.25) is 9.59 Å². The molecule has 0 aliphatic rings. The standard InChI is InChI=1S/C22H18ClF3N2O5/c1-12-7-21(31)33-17-9-18(15(23)8-13(12)17)32-11-20(30)28(2)10-19(29)27-16-6-4-3-5-14(16)22(24,25)26/h3-9H,10-11H2,1-2H3,(H,27,29). The van der Waals surface area contributed by atoms with Gasteiger partial charge in [-0.25, -0.2) is 4.79 Å². The maximum absolute atomic E-state index is 13.1. The summed E-state index contributed by atoms with van der Waals surface area (Å²) in [6.45, 7) is 0.699. The van der Waals surface area contributed by atoms with Crippen molar-refractivity contribution >= 4 is 40.1 Å². The Bertz CT molecular complexity index is 1270. The van der Waals surface area contributed by atoms with Crippen molar-refractivity contribution in [2.75, 3.05) is 25.5 Å². The van der Waals surface area contributed by atoms with Crippen molar-refractivity contribution < 1.29 is 31.9 Å². The highest BCUT2D eigenvalue weighted by Crippen LogP contribution is 2.34. The lowest BCUT2D eigenvalue weighted by Crippen LogP contribution is -2.37. The van der Waals surface area contributed by atoms with Crippen molar-refractivity contribution in [3.8, 4) is 5.75 Å². The fourth-order valence-corrected chi connectivity index (χ4v) is 3.23. The second kappa shape index (κ2) is 9.53. The minimum Gasteiger partial charge on any atom is -0.482 e. The lowest BCUT2D eigenvalue weighted by molar-refractivity contribution is -0.137. The first-order valence-corrected chi connectivity index (χ1v) is 9.90. The Morgan fingerprint density at radius 2 is 1.88 bits per heavy atom. The number of hydrogen-bond donors (Lipinski definition) is 1. The number of amides is 2. The maximum atomic E-state index is 13.1. The largest absolute Gasteiger partial charge is 0.482 e. The van der Waals surface area contributed by atoms with Crippen molar-refractivity contribution in [1.82, 2.24) is 4.90 Å². The van der Waals surface area contributed by atoms with E-state index in [1.165, 1.54) is 37.4 Å². The van der Waals surface area contributed by atoms with Crippen LogP contribution in [0.5, 0.6) is 5.75 Å². The third-order valence-electron chi connectivity index (χ3n) is 4.67. The summed E-state index contributed by atoms with van der Waals surface area (Å²) < 4.78 is 49.7. The Balaban J connectivity index is 1.63. The second-order valence-corrected chi connectivity index (χ2v) is 7.56. The van der Waals surface area contributed by atoms with Gasteiger partial charge in [-0.05, 0) is 30.7 Å². The predicted molar refractivity (Wildman–Crippen MR) is 115 cm³/mol. The number of halogens is 4. The number of carbonyl (C=O) groups is 2. The molecule has 0 spiro atoms. The molecule has 1 aromatic heterocycles. The van der Waals surface area contributed by atoms with Gasteiger partial charge in [0, 0.05) is 24.6 Å². The van der Waals surface area contributed by atoms with E-state index in [0.717, 1.165) is 17.0 Å². The van der Waals surface area contributed by atoms with Gasteiger partial charge >= 0.3 is 11.8 Å². The molecule has 0 radical (unpaired) electrons. The number of fused-ring (bicyclic) bond motifs is 1. The van der Waals surface area contributed by atoms with Crippen molar-refractivity contribution in [1.29, 1.82) is 0 Å². The monoisotopic (exact) mass is 482 g/mol. The van der Waals surface area contributed by atoms with Crippen LogP contribution in [0.3, 0.4) is 0 Å². The van der Waals surface area contributed by atoms with Gasteiger partial charge in [0.15, 0.2) is 6.61 Å². The Hall–Kier alpha value is -3.53. The summed E-state index contributed by atoms with van der Waals surface area (Å²) in [5.74, 6) is -1.36. The van der Waals surface area contributed by atoms with Crippen LogP contribution in [0.2, 0.25) is 5.02 Å². The zero-order valence-corrected chi connectivity index (χ0v) is 18.2. The minimum absolute atomic E-state index is 0.0863. The Morgan fingerprint density at radius 3 is 2.58 bits per heavy atom. The summed E-state index contributed by atoms with van der Waals surface area (Å²) in [5.41, 5.74) is -1.08. The molecule has 7 nitrogen and oxygen atoms in total. The number of hydrogen-bond acceptors (Lipinski definition) is 5. The predicted octanol–water partition coefficient (Wildman–Crippen LogP) is 4.25. The normalized spacial score (nSPS) is 11.3. The summed E-state index contributed by atoms with van der Waals surface area (Å²) in [5, 5.41) is 2.94. The highest BCUT2D eigenvalue weighted by atomic mass is 35.5. The van der Waals surface area contributed by atoms with E-state index >= 15 is 0 Å². The molecule has 0 saturated heterocycles. The minimum atomic E-state index is -4.64. The first kappa shape index (κ1) is 24.1. The molecule has 2 aromatic carbocycles. The van der Waals surface area contributed by atoms with Crippen LogP contribution in [0.15, 0.2) is 51.7 Å². The number of ether oxygens (including phenoxy) is 1. The first-order chi connectivity index (χ1) is 15.5. The fourth-order valence-electron chi connectivity index (χ4n) is 3.01. The van der Waals surface area contributed by atoms with Crippen LogP contribution in [0.1, 0.15) is 11.1 Å². The molecule has 0 fully saturated rings. The average molecular weight is 483 g/mol. The van der Waals surface area contributed by atoms with Gasteiger partial charge in [0.2, 0.25) is 5.91 Å². The lowest BCUT2D eigenvalue weighted by Gasteiger charge is -2.19. The SMILES string of the molecule is Cc1cc(=O)oc2cc(OCC(=O)N(C)CC(=O)Nc3ccccc3C(F)(F)F)c(Cl)cc12. The number of para-hydroxylation sites is 1. The van der Waals surface area contributed by atoms with E-state index in [2.05, 4.69) is 5.32 Å². The number of aryl methyl sites for hydroxylation is 1. The molecule has 1 N–H and O–H groups in total. The molecule has 11 heteroatoms. The molecule has 0 atom stereocenters. The van der Waals surface area contributed by atoms with Crippen molar-refractivity contribution in [3.63, 3.8) is 0 Å². The van der Waals surface area contributed by atoms with Gasteiger partial charge in [-0.1, -0.05) is 23.7 Å². The van der Waals surface area contributed by atoms with E-state index in [4.69, 9.17) is 20.8 Å². The van der Waals surface area contributed by atoms with Crippen LogP contribution in [-0.4, -0.2) is 36.9 Å². The number of anilines is 1. The molecule has 1 heterocycles. The van der Waals surface area contributed by atoms with E-state index in [-0.39, 0.29) is 16.4 Å². The van der Waals surface area contributed by atoms with Crippen molar-refractivity contribution in [3.05, 3.63) is 69.0 Å². The highest BCUT2D eigenvalue weighted by molar-refractivity contribution is 6.32. The molecule has 0 unspecified atom stereocenters. The number of likely N-dealkylation sites (N-methyl/N-ethyl adjacent to an activating group) is 1. The molecule has 3 aromatic rings.